The molecule has 0 aromatic rings. The van der Waals surface area contributed by atoms with E-state index in [1.807, 2.05) is 20.8 Å². The molecule has 0 aliphatic carbocycles. The average molecular weight is 320 g/mol. The Labute approximate surface area is 123 Å². The number of hydrogen-bond acceptors (Lipinski definition) is 0. The van der Waals surface area contributed by atoms with Gasteiger partial charge >= 0.3 is 12.4 Å². The predicted molar refractivity (Wildman–Crippen MR) is 71.9 cm³/mol. The van der Waals surface area contributed by atoms with Gasteiger partial charge in [0.1, 0.15) is 0 Å². The van der Waals surface area contributed by atoms with E-state index in [9.17, 15) is 26.3 Å². The summed E-state index contributed by atoms with van der Waals surface area (Å²) in [6.07, 6.45) is -10.7. The Morgan fingerprint density at radius 2 is 0.905 bits per heavy atom. The summed E-state index contributed by atoms with van der Waals surface area (Å²) in [6.45, 7) is 8.78. The standard InChI is InChI=1S/C15H26F6/c1-11(2,3)9-7-8-10-13(12(4,5)6,14(16,17)18)15(19,20)21/h7-10H2,1-6H3. The second-order valence-electron chi connectivity index (χ2n) is 7.92. The SMILES string of the molecule is CC(C)(C)CCCCC(C(C)(C)C)(C(F)(F)F)C(F)(F)F. The quantitative estimate of drug-likeness (QED) is 0.397. The number of hydrogen-bond donors (Lipinski definition) is 0. The van der Waals surface area contributed by atoms with Gasteiger partial charge in [0.15, 0.2) is 5.41 Å². The molecule has 0 radical (unpaired) electrons. The van der Waals surface area contributed by atoms with E-state index < -0.39 is 29.6 Å². The first-order chi connectivity index (χ1) is 8.96. The molecule has 0 aromatic carbocycles. The van der Waals surface area contributed by atoms with Crippen molar-refractivity contribution in [3.05, 3.63) is 0 Å². The Hall–Kier alpha value is -0.420. The van der Waals surface area contributed by atoms with Gasteiger partial charge in [0.2, 0.25) is 0 Å². The molecule has 0 nitrogen and oxygen atoms in total. The van der Waals surface area contributed by atoms with Gasteiger partial charge in [-0.3, -0.25) is 0 Å². The number of rotatable bonds is 4. The third kappa shape index (κ3) is 4.78. The molecule has 0 atom stereocenters. The molecule has 21 heavy (non-hydrogen) atoms. The summed E-state index contributed by atoms with van der Waals surface area (Å²) in [5.74, 6) is 0. The second kappa shape index (κ2) is 5.99. The van der Waals surface area contributed by atoms with Crippen LogP contribution < -0.4 is 0 Å². The molecule has 0 N–H and O–H groups in total. The normalized spacial score (nSPS) is 15.4. The Morgan fingerprint density at radius 3 is 1.14 bits per heavy atom. The van der Waals surface area contributed by atoms with Gasteiger partial charge in [-0.15, -0.1) is 0 Å². The van der Waals surface area contributed by atoms with E-state index in [0.717, 1.165) is 20.8 Å². The van der Waals surface area contributed by atoms with Crippen LogP contribution in [0.5, 0.6) is 0 Å². The van der Waals surface area contributed by atoms with Crippen LogP contribution >= 0.6 is 0 Å². The molecule has 0 unspecified atom stereocenters. The van der Waals surface area contributed by atoms with Crippen LogP contribution in [0.15, 0.2) is 0 Å². The van der Waals surface area contributed by atoms with Crippen molar-refractivity contribution in [2.24, 2.45) is 16.2 Å². The molecule has 0 spiro atoms. The number of unbranched alkanes of at least 4 members (excludes halogenated alkanes) is 1. The van der Waals surface area contributed by atoms with Crippen molar-refractivity contribution < 1.29 is 26.3 Å². The lowest BCUT2D eigenvalue weighted by molar-refractivity contribution is -0.374. The molecule has 0 saturated heterocycles. The molecule has 0 aliphatic heterocycles. The lowest BCUT2D eigenvalue weighted by Gasteiger charge is -2.47. The minimum atomic E-state index is -5.31. The van der Waals surface area contributed by atoms with Crippen LogP contribution in [0.3, 0.4) is 0 Å². The molecule has 0 saturated carbocycles. The molecule has 0 fully saturated rings. The van der Waals surface area contributed by atoms with E-state index in [1.165, 1.54) is 0 Å². The summed E-state index contributed by atoms with van der Waals surface area (Å²) in [7, 11) is 0. The van der Waals surface area contributed by atoms with Crippen LogP contribution in [-0.2, 0) is 0 Å². The third-order valence-corrected chi connectivity index (χ3v) is 3.98. The zero-order valence-electron chi connectivity index (χ0n) is 13.6. The number of alkyl halides is 6. The van der Waals surface area contributed by atoms with Gasteiger partial charge in [-0.05, 0) is 23.7 Å². The fraction of sp³-hybridized carbons (Fsp3) is 1.00. The minimum Gasteiger partial charge on any atom is -0.170 e. The van der Waals surface area contributed by atoms with E-state index in [0.29, 0.717) is 12.8 Å². The van der Waals surface area contributed by atoms with Crippen LogP contribution in [0.25, 0.3) is 0 Å². The van der Waals surface area contributed by atoms with Crippen molar-refractivity contribution in [1.29, 1.82) is 0 Å². The van der Waals surface area contributed by atoms with Crippen molar-refractivity contribution in [2.75, 3.05) is 0 Å². The van der Waals surface area contributed by atoms with Gasteiger partial charge in [0, 0.05) is 0 Å². The van der Waals surface area contributed by atoms with Gasteiger partial charge in [-0.1, -0.05) is 54.4 Å². The fourth-order valence-electron chi connectivity index (χ4n) is 2.72. The molecule has 0 aromatic heterocycles. The van der Waals surface area contributed by atoms with Gasteiger partial charge in [-0.25, -0.2) is 0 Å². The van der Waals surface area contributed by atoms with Crippen molar-refractivity contribution >= 4 is 0 Å². The Morgan fingerprint density at radius 1 is 0.571 bits per heavy atom. The van der Waals surface area contributed by atoms with E-state index in [-0.39, 0.29) is 11.8 Å². The molecule has 0 aliphatic rings. The Bertz CT molecular complexity index is 288. The lowest BCUT2D eigenvalue weighted by atomic mass is 9.62. The molecule has 128 valence electrons. The number of halogens is 6. The summed E-state index contributed by atoms with van der Waals surface area (Å²) in [6, 6.07) is 0. The summed E-state index contributed by atoms with van der Waals surface area (Å²) in [5, 5.41) is 0. The van der Waals surface area contributed by atoms with Gasteiger partial charge < -0.3 is 0 Å². The van der Waals surface area contributed by atoms with Crippen LogP contribution in [0.4, 0.5) is 26.3 Å². The molecule has 0 heterocycles. The lowest BCUT2D eigenvalue weighted by Crippen LogP contribution is -2.57. The minimum absolute atomic E-state index is 0.0897. The maximum absolute atomic E-state index is 13.3. The molecular formula is C15H26F6. The van der Waals surface area contributed by atoms with Gasteiger partial charge in [0.05, 0.1) is 0 Å². The maximum Gasteiger partial charge on any atom is 0.403 e. The van der Waals surface area contributed by atoms with Crippen LogP contribution in [0.2, 0.25) is 0 Å². The van der Waals surface area contributed by atoms with Crippen LogP contribution in [0.1, 0.15) is 67.2 Å². The van der Waals surface area contributed by atoms with E-state index in [1.54, 1.807) is 0 Å². The van der Waals surface area contributed by atoms with Crippen molar-refractivity contribution in [3.8, 4) is 0 Å². The largest absolute Gasteiger partial charge is 0.403 e. The van der Waals surface area contributed by atoms with Crippen LogP contribution in [-0.4, -0.2) is 12.4 Å². The smallest absolute Gasteiger partial charge is 0.170 e. The fourth-order valence-corrected chi connectivity index (χ4v) is 2.72. The first-order valence-corrected chi connectivity index (χ1v) is 7.09. The highest BCUT2D eigenvalue weighted by molar-refractivity contribution is 5.01. The molecule has 0 rings (SSSR count). The van der Waals surface area contributed by atoms with Crippen molar-refractivity contribution in [3.63, 3.8) is 0 Å². The van der Waals surface area contributed by atoms with Gasteiger partial charge in [-0.2, -0.15) is 26.3 Å². The monoisotopic (exact) mass is 320 g/mol. The van der Waals surface area contributed by atoms with Crippen LogP contribution in [0, 0.1) is 16.2 Å². The highest BCUT2D eigenvalue weighted by Crippen LogP contribution is 2.62. The Kier molecular flexibility index (Phi) is 5.87. The third-order valence-electron chi connectivity index (χ3n) is 3.98. The summed E-state index contributed by atoms with van der Waals surface area (Å²) >= 11 is 0. The maximum atomic E-state index is 13.3. The summed E-state index contributed by atoms with van der Waals surface area (Å²) in [5.41, 5.74) is -5.70. The topological polar surface area (TPSA) is 0 Å². The molecule has 6 heteroatoms. The van der Waals surface area contributed by atoms with E-state index in [4.69, 9.17) is 0 Å². The van der Waals surface area contributed by atoms with Gasteiger partial charge in [0.25, 0.3) is 0 Å². The highest BCUT2D eigenvalue weighted by atomic mass is 19.4. The Balaban J connectivity index is 5.35. The predicted octanol–water partition coefficient (Wildman–Crippen LogP) is 6.75. The van der Waals surface area contributed by atoms with E-state index in [2.05, 4.69) is 0 Å². The molecule has 0 bridgehead atoms. The van der Waals surface area contributed by atoms with Crippen molar-refractivity contribution in [2.45, 2.75) is 79.6 Å². The first kappa shape index (κ1) is 20.6. The second-order valence-corrected chi connectivity index (χ2v) is 7.92. The highest BCUT2D eigenvalue weighted by Gasteiger charge is 2.74. The zero-order valence-corrected chi connectivity index (χ0v) is 13.6. The average Bonchev–Trinajstić information content (AvgIpc) is 2.08. The molecular weight excluding hydrogens is 294 g/mol. The molecule has 0 amide bonds. The first-order valence-electron chi connectivity index (χ1n) is 7.09. The van der Waals surface area contributed by atoms with Crippen molar-refractivity contribution in [1.82, 2.24) is 0 Å². The summed E-state index contributed by atoms with van der Waals surface area (Å²) in [4.78, 5) is 0. The zero-order chi connectivity index (χ0) is 17.3. The summed E-state index contributed by atoms with van der Waals surface area (Å²) < 4.78 is 79.9. The van der Waals surface area contributed by atoms with E-state index >= 15 is 0 Å².